The highest BCUT2D eigenvalue weighted by atomic mass is 35.5. The molecule has 0 radical (unpaired) electrons. The van der Waals surface area contributed by atoms with Gasteiger partial charge in [0.15, 0.2) is 0 Å². The van der Waals surface area contributed by atoms with Crippen LogP contribution in [0.15, 0.2) is 24.3 Å². The maximum Gasteiger partial charge on any atom is 0.222 e. The summed E-state index contributed by atoms with van der Waals surface area (Å²) < 4.78 is 0. The van der Waals surface area contributed by atoms with Gasteiger partial charge in [-0.3, -0.25) is 4.79 Å². The van der Waals surface area contributed by atoms with Crippen LogP contribution in [-0.4, -0.2) is 11.9 Å². The van der Waals surface area contributed by atoms with Crippen molar-refractivity contribution < 1.29 is 4.79 Å². The number of amides is 1. The fraction of sp³-hybridized carbons (Fsp3) is 0.500. The van der Waals surface area contributed by atoms with Gasteiger partial charge in [-0.15, -0.1) is 12.4 Å². The zero-order valence-corrected chi connectivity index (χ0v) is 13.1. The van der Waals surface area contributed by atoms with E-state index in [0.717, 1.165) is 5.56 Å². The molecule has 108 valence electrons. The van der Waals surface area contributed by atoms with E-state index in [9.17, 15) is 4.79 Å². The zero-order chi connectivity index (χ0) is 13.7. The molecule has 0 fully saturated rings. The molecule has 3 N–H and O–H groups in total. The lowest BCUT2D eigenvalue weighted by molar-refractivity contribution is -0.122. The van der Waals surface area contributed by atoms with Crippen LogP contribution in [-0.2, 0) is 4.79 Å². The van der Waals surface area contributed by atoms with Gasteiger partial charge in [0.05, 0.1) is 6.04 Å². The second-order valence-electron chi connectivity index (χ2n) is 4.99. The van der Waals surface area contributed by atoms with E-state index in [-0.39, 0.29) is 36.3 Å². The van der Waals surface area contributed by atoms with Crippen molar-refractivity contribution in [2.75, 3.05) is 0 Å². The van der Waals surface area contributed by atoms with Crippen LogP contribution in [0.1, 0.15) is 38.8 Å². The average molecular weight is 305 g/mol. The third-order valence-electron chi connectivity index (χ3n) is 2.73. The number of nitrogens with two attached hydrogens (primary N) is 1. The molecule has 0 aliphatic heterocycles. The third-order valence-corrected chi connectivity index (χ3v) is 3.08. The lowest BCUT2D eigenvalue weighted by Gasteiger charge is -2.24. The van der Waals surface area contributed by atoms with Crippen LogP contribution in [0.4, 0.5) is 0 Å². The molecule has 0 saturated carbocycles. The number of hydrogen-bond donors (Lipinski definition) is 2. The highest BCUT2D eigenvalue weighted by molar-refractivity contribution is 6.31. The largest absolute Gasteiger partial charge is 0.349 e. The topological polar surface area (TPSA) is 55.1 Å². The molecule has 1 aromatic carbocycles. The normalized spacial score (nSPS) is 13.6. The summed E-state index contributed by atoms with van der Waals surface area (Å²) in [6.45, 7) is 5.93. The third kappa shape index (κ3) is 5.81. The smallest absolute Gasteiger partial charge is 0.222 e. The van der Waals surface area contributed by atoms with E-state index in [1.54, 1.807) is 0 Å². The average Bonchev–Trinajstić information content (AvgIpc) is 2.25. The Balaban J connectivity index is 0.00000324. The monoisotopic (exact) mass is 304 g/mol. The van der Waals surface area contributed by atoms with Crippen molar-refractivity contribution in [1.82, 2.24) is 5.32 Å². The molecule has 0 aliphatic rings. The van der Waals surface area contributed by atoms with E-state index in [2.05, 4.69) is 19.2 Å². The van der Waals surface area contributed by atoms with Gasteiger partial charge in [-0.05, 0) is 24.5 Å². The van der Waals surface area contributed by atoms with Gasteiger partial charge >= 0.3 is 0 Å². The van der Waals surface area contributed by atoms with E-state index >= 15 is 0 Å². The number of halogens is 2. The summed E-state index contributed by atoms with van der Waals surface area (Å²) in [5.41, 5.74) is 6.58. The van der Waals surface area contributed by atoms with Crippen LogP contribution in [0.25, 0.3) is 0 Å². The Bertz CT molecular complexity index is 408. The molecule has 0 aliphatic carbocycles. The van der Waals surface area contributed by atoms with Crippen molar-refractivity contribution in [3.05, 3.63) is 34.9 Å². The Morgan fingerprint density at radius 2 is 1.89 bits per heavy atom. The highest BCUT2D eigenvalue weighted by Gasteiger charge is 2.20. The minimum atomic E-state index is -0.135. The van der Waals surface area contributed by atoms with E-state index in [4.69, 9.17) is 17.3 Å². The molecule has 1 aromatic rings. The van der Waals surface area contributed by atoms with E-state index in [1.807, 2.05) is 31.2 Å². The number of carbonyl (C=O) groups is 1. The minimum absolute atomic E-state index is 0. The second-order valence-corrected chi connectivity index (χ2v) is 5.40. The van der Waals surface area contributed by atoms with E-state index in [1.165, 1.54) is 0 Å². The number of hydrogen-bond acceptors (Lipinski definition) is 2. The molecule has 0 bridgehead atoms. The summed E-state index contributed by atoms with van der Waals surface area (Å²) in [5.74, 6) is 0.227. The summed E-state index contributed by atoms with van der Waals surface area (Å²) in [6.07, 6.45) is 0.327. The van der Waals surface area contributed by atoms with Crippen LogP contribution in [0.2, 0.25) is 5.02 Å². The van der Waals surface area contributed by atoms with Gasteiger partial charge in [-0.2, -0.15) is 0 Å². The first kappa shape index (κ1) is 18.2. The minimum Gasteiger partial charge on any atom is -0.349 e. The van der Waals surface area contributed by atoms with Crippen molar-refractivity contribution in [2.45, 2.75) is 39.3 Å². The molecular weight excluding hydrogens is 283 g/mol. The molecule has 1 rings (SSSR count). The number of nitrogens with one attached hydrogen (secondary N) is 1. The van der Waals surface area contributed by atoms with Crippen LogP contribution in [0, 0.1) is 5.92 Å². The molecule has 2 atom stereocenters. The fourth-order valence-corrected chi connectivity index (χ4v) is 2.11. The summed E-state index contributed by atoms with van der Waals surface area (Å²) >= 11 is 6.18. The molecular formula is C14H22Cl2N2O. The van der Waals surface area contributed by atoms with Crippen molar-refractivity contribution in [3.63, 3.8) is 0 Å². The van der Waals surface area contributed by atoms with Gasteiger partial charge in [0, 0.05) is 17.5 Å². The summed E-state index contributed by atoms with van der Waals surface area (Å²) in [6, 6.07) is 7.37. The highest BCUT2D eigenvalue weighted by Crippen LogP contribution is 2.28. The van der Waals surface area contributed by atoms with Gasteiger partial charge in [-0.1, -0.05) is 43.6 Å². The molecule has 0 spiro atoms. The van der Waals surface area contributed by atoms with Gasteiger partial charge < -0.3 is 11.1 Å². The Kier molecular flexibility index (Phi) is 8.07. The predicted octanol–water partition coefficient (Wildman–Crippen LogP) is 3.31. The first-order valence-electron chi connectivity index (χ1n) is 6.21. The van der Waals surface area contributed by atoms with Crippen LogP contribution in [0.3, 0.4) is 0 Å². The standard InChI is InChI=1S/C14H21ClN2O.ClH/c1-9(2)14(17-13(18)8-10(3)16)11-6-4-5-7-12(11)15;/h4-7,9-10,14H,8,16H2,1-3H3,(H,17,18);1H. The Morgan fingerprint density at radius 3 is 2.37 bits per heavy atom. The quantitative estimate of drug-likeness (QED) is 0.877. The van der Waals surface area contributed by atoms with Crippen LogP contribution >= 0.6 is 24.0 Å². The maximum atomic E-state index is 11.8. The molecule has 0 aromatic heterocycles. The second kappa shape index (κ2) is 8.41. The molecule has 3 nitrogen and oxygen atoms in total. The van der Waals surface area contributed by atoms with E-state index < -0.39 is 0 Å². The van der Waals surface area contributed by atoms with Crippen molar-refractivity contribution in [3.8, 4) is 0 Å². The predicted molar refractivity (Wildman–Crippen MR) is 82.7 cm³/mol. The number of benzene rings is 1. The summed E-state index contributed by atoms with van der Waals surface area (Å²) in [4.78, 5) is 11.8. The Hall–Kier alpha value is -0.770. The summed E-state index contributed by atoms with van der Waals surface area (Å²) in [5, 5.41) is 3.68. The zero-order valence-electron chi connectivity index (χ0n) is 11.5. The maximum absolute atomic E-state index is 11.8. The fourth-order valence-electron chi connectivity index (χ4n) is 1.86. The van der Waals surface area contributed by atoms with Gasteiger partial charge in [0.2, 0.25) is 5.91 Å². The summed E-state index contributed by atoms with van der Waals surface area (Å²) in [7, 11) is 0. The van der Waals surface area contributed by atoms with Gasteiger partial charge in [0.1, 0.15) is 0 Å². The molecule has 0 saturated heterocycles. The molecule has 19 heavy (non-hydrogen) atoms. The Morgan fingerprint density at radius 1 is 1.32 bits per heavy atom. The first-order chi connectivity index (χ1) is 8.41. The Labute approximate surface area is 126 Å². The van der Waals surface area contributed by atoms with Crippen molar-refractivity contribution in [2.24, 2.45) is 11.7 Å². The van der Waals surface area contributed by atoms with Crippen molar-refractivity contribution in [1.29, 1.82) is 0 Å². The van der Waals surface area contributed by atoms with Gasteiger partial charge in [0.25, 0.3) is 0 Å². The first-order valence-corrected chi connectivity index (χ1v) is 6.59. The number of rotatable bonds is 5. The lowest BCUT2D eigenvalue weighted by atomic mass is 9.95. The molecule has 5 heteroatoms. The van der Waals surface area contributed by atoms with Crippen LogP contribution in [0.5, 0.6) is 0 Å². The molecule has 0 heterocycles. The SMILES string of the molecule is CC(N)CC(=O)NC(c1ccccc1Cl)C(C)C.Cl. The van der Waals surface area contributed by atoms with Crippen LogP contribution < -0.4 is 11.1 Å². The van der Waals surface area contributed by atoms with Crippen molar-refractivity contribution >= 4 is 29.9 Å². The van der Waals surface area contributed by atoms with Gasteiger partial charge in [-0.25, -0.2) is 0 Å². The molecule has 2 unspecified atom stereocenters. The number of carbonyl (C=O) groups excluding carboxylic acids is 1. The van der Waals surface area contributed by atoms with E-state index in [0.29, 0.717) is 11.4 Å². The molecule has 1 amide bonds. The lowest BCUT2D eigenvalue weighted by Crippen LogP contribution is -2.35.